The van der Waals surface area contributed by atoms with Crippen LogP contribution in [0.5, 0.6) is 0 Å². The smallest absolute Gasteiger partial charge is 0.191 e. The van der Waals surface area contributed by atoms with Crippen LogP contribution in [0.25, 0.3) is 0 Å². The van der Waals surface area contributed by atoms with Gasteiger partial charge in [0.1, 0.15) is 4.32 Å². The lowest BCUT2D eigenvalue weighted by Crippen LogP contribution is -3.12. The van der Waals surface area contributed by atoms with E-state index in [1.54, 1.807) is 11.8 Å². The minimum Gasteiger partial charge on any atom is -0.307 e. The highest BCUT2D eigenvalue weighted by Gasteiger charge is 2.40. The Balaban J connectivity index is 1.98. The van der Waals surface area contributed by atoms with Gasteiger partial charge in [0.05, 0.1) is 7.05 Å². The van der Waals surface area contributed by atoms with E-state index in [0.717, 1.165) is 4.32 Å². The molecule has 0 amide bonds. The van der Waals surface area contributed by atoms with Crippen molar-refractivity contribution in [2.75, 3.05) is 14.1 Å². The monoisotopic (exact) mass is 315 g/mol. The van der Waals surface area contributed by atoms with Crippen LogP contribution in [-0.4, -0.2) is 23.3 Å². The minimum atomic E-state index is 0.255. The normalized spacial score (nSPS) is 25.9. The average Bonchev–Trinajstić information content (AvgIpc) is 2.53. The highest BCUT2D eigenvalue weighted by molar-refractivity contribution is 8.22. The lowest BCUT2D eigenvalue weighted by molar-refractivity contribution is -0.939. The molecule has 21 heavy (non-hydrogen) atoms. The van der Waals surface area contributed by atoms with Gasteiger partial charge in [0.2, 0.25) is 0 Å². The Morgan fingerprint density at radius 2 is 1.48 bits per heavy atom. The second-order valence-electron chi connectivity index (χ2n) is 5.34. The van der Waals surface area contributed by atoms with E-state index < -0.39 is 0 Å². The van der Waals surface area contributed by atoms with Crippen molar-refractivity contribution in [3.63, 3.8) is 0 Å². The Morgan fingerprint density at radius 1 is 0.952 bits per heavy atom. The second-order valence-corrected chi connectivity index (χ2v) is 7.08. The van der Waals surface area contributed by atoms with Crippen molar-refractivity contribution in [1.29, 1.82) is 0 Å². The summed E-state index contributed by atoms with van der Waals surface area (Å²) >= 11 is 7.39. The maximum absolute atomic E-state index is 5.61. The summed E-state index contributed by atoms with van der Waals surface area (Å²) in [6.45, 7) is 0. The predicted molar refractivity (Wildman–Crippen MR) is 93.2 cm³/mol. The molecule has 1 N–H and O–H groups in total. The van der Waals surface area contributed by atoms with E-state index in [9.17, 15) is 0 Å². The number of nitrogens with one attached hydrogen (secondary N) is 1. The molecule has 108 valence electrons. The van der Waals surface area contributed by atoms with Crippen molar-refractivity contribution in [3.8, 4) is 0 Å². The molecule has 3 rings (SSSR count). The van der Waals surface area contributed by atoms with E-state index in [4.69, 9.17) is 12.2 Å². The lowest BCUT2D eigenvalue weighted by Gasteiger charge is -2.42. The molecule has 0 bridgehead atoms. The van der Waals surface area contributed by atoms with E-state index in [1.165, 1.54) is 16.0 Å². The lowest BCUT2D eigenvalue weighted by atomic mass is 10.1. The molecule has 0 aliphatic carbocycles. The van der Waals surface area contributed by atoms with Gasteiger partial charge in [-0.25, -0.2) is 0 Å². The van der Waals surface area contributed by atoms with E-state index >= 15 is 0 Å². The first-order valence-corrected chi connectivity index (χ1v) is 8.34. The van der Waals surface area contributed by atoms with Crippen LogP contribution in [0.2, 0.25) is 0 Å². The van der Waals surface area contributed by atoms with Crippen LogP contribution in [0.1, 0.15) is 22.7 Å². The molecule has 0 saturated carbocycles. The third-order valence-corrected chi connectivity index (χ3v) is 5.90. The van der Waals surface area contributed by atoms with Crippen LogP contribution < -0.4 is 4.90 Å². The van der Waals surface area contributed by atoms with E-state index in [-0.39, 0.29) is 6.17 Å². The van der Waals surface area contributed by atoms with Gasteiger partial charge in [-0.2, -0.15) is 0 Å². The molecule has 2 aromatic carbocycles. The third kappa shape index (κ3) is 2.84. The maximum atomic E-state index is 5.61. The molecule has 1 saturated heterocycles. The number of quaternary nitrogens is 1. The van der Waals surface area contributed by atoms with Crippen molar-refractivity contribution >= 4 is 28.3 Å². The summed E-state index contributed by atoms with van der Waals surface area (Å²) in [4.78, 5) is 3.65. The van der Waals surface area contributed by atoms with Crippen LogP contribution in [0, 0.1) is 0 Å². The fourth-order valence-electron chi connectivity index (χ4n) is 2.91. The number of rotatable bonds is 2. The van der Waals surface area contributed by atoms with Crippen molar-refractivity contribution in [2.45, 2.75) is 11.5 Å². The molecule has 1 unspecified atom stereocenters. The Hall–Kier alpha value is -1.36. The fourth-order valence-corrected chi connectivity index (χ4v) is 4.39. The summed E-state index contributed by atoms with van der Waals surface area (Å²) in [6, 6.07) is 21.3. The number of nitrogens with zero attached hydrogens (tertiary/aromatic N) is 1. The molecule has 1 heterocycles. The fraction of sp³-hybridized carbons (Fsp3) is 0.235. The first kappa shape index (κ1) is 14.6. The van der Waals surface area contributed by atoms with Gasteiger partial charge in [-0.1, -0.05) is 72.9 Å². The topological polar surface area (TPSA) is 7.68 Å². The van der Waals surface area contributed by atoms with E-state index in [1.807, 2.05) is 0 Å². The Morgan fingerprint density at radius 3 is 2.05 bits per heavy atom. The van der Waals surface area contributed by atoms with E-state index in [2.05, 4.69) is 79.7 Å². The quantitative estimate of drug-likeness (QED) is 0.853. The Bertz CT molecular complexity index is 615. The van der Waals surface area contributed by atoms with Crippen LogP contribution in [-0.2, 0) is 0 Å². The number of benzene rings is 2. The first-order valence-electron chi connectivity index (χ1n) is 7.05. The van der Waals surface area contributed by atoms with Gasteiger partial charge < -0.3 is 4.90 Å². The zero-order valence-electron chi connectivity index (χ0n) is 12.2. The molecule has 2 nitrogen and oxygen atoms in total. The number of hydrogen-bond donors (Lipinski definition) is 1. The molecular formula is C17H19N2S2+. The molecular weight excluding hydrogens is 296 g/mol. The molecule has 2 aromatic rings. The summed E-state index contributed by atoms with van der Waals surface area (Å²) < 4.78 is 0.961. The third-order valence-electron chi connectivity index (χ3n) is 3.96. The van der Waals surface area contributed by atoms with Crippen molar-refractivity contribution in [2.24, 2.45) is 0 Å². The zero-order chi connectivity index (χ0) is 14.8. The number of hydrogen-bond acceptors (Lipinski definition) is 2. The number of thioether (sulfide) groups is 1. The van der Waals surface area contributed by atoms with Gasteiger partial charge in [0.15, 0.2) is 11.5 Å². The average molecular weight is 315 g/mol. The van der Waals surface area contributed by atoms with Crippen LogP contribution in [0.4, 0.5) is 0 Å². The van der Waals surface area contributed by atoms with Crippen molar-refractivity contribution in [3.05, 3.63) is 71.8 Å². The molecule has 0 spiro atoms. The van der Waals surface area contributed by atoms with Crippen molar-refractivity contribution in [1.82, 2.24) is 4.90 Å². The minimum absolute atomic E-state index is 0.255. The predicted octanol–water partition coefficient (Wildman–Crippen LogP) is 2.86. The zero-order valence-corrected chi connectivity index (χ0v) is 13.8. The summed E-state index contributed by atoms with van der Waals surface area (Å²) in [5, 5.41) is 0.333. The molecule has 0 aromatic heterocycles. The van der Waals surface area contributed by atoms with Crippen LogP contribution >= 0.6 is 24.0 Å². The number of thiocarbonyl (C=S) groups is 1. The largest absolute Gasteiger partial charge is 0.307 e. The maximum Gasteiger partial charge on any atom is 0.191 e. The standard InChI is InChI=1S/C17H18N2S2/c1-18-15(13-9-5-3-6-10-13)19(2)17(20)21-16(18)14-11-7-4-8-12-14/h3-12,15-16H,1-2H3/p+1/t15-,16+/m1/s1. The second kappa shape index (κ2) is 6.18. The van der Waals surface area contributed by atoms with Crippen molar-refractivity contribution < 1.29 is 4.90 Å². The summed E-state index contributed by atoms with van der Waals surface area (Å²) in [7, 11) is 4.35. The van der Waals surface area contributed by atoms with Crippen LogP contribution in [0.15, 0.2) is 60.7 Å². The molecule has 1 aliphatic heterocycles. The molecule has 1 fully saturated rings. The van der Waals surface area contributed by atoms with Gasteiger partial charge in [-0.3, -0.25) is 4.90 Å². The highest BCUT2D eigenvalue weighted by atomic mass is 32.2. The van der Waals surface area contributed by atoms with Crippen LogP contribution in [0.3, 0.4) is 0 Å². The van der Waals surface area contributed by atoms with Gasteiger partial charge in [-0.15, -0.1) is 0 Å². The molecule has 3 atom stereocenters. The van der Waals surface area contributed by atoms with Gasteiger partial charge in [0, 0.05) is 18.2 Å². The van der Waals surface area contributed by atoms with Gasteiger partial charge >= 0.3 is 0 Å². The first-order chi connectivity index (χ1) is 10.2. The van der Waals surface area contributed by atoms with Gasteiger partial charge in [0.25, 0.3) is 0 Å². The molecule has 0 radical (unpaired) electrons. The Kier molecular flexibility index (Phi) is 4.29. The highest BCUT2D eigenvalue weighted by Crippen LogP contribution is 2.33. The molecule has 4 heteroatoms. The summed E-state index contributed by atoms with van der Waals surface area (Å²) in [5.74, 6) is 0. The van der Waals surface area contributed by atoms with Gasteiger partial charge in [-0.05, 0) is 11.8 Å². The SMILES string of the molecule is CN1C(=S)S[C@@H](c2ccccc2)[NH+](C)[C@H]1c1ccccc1. The Labute approximate surface area is 135 Å². The summed E-state index contributed by atoms with van der Waals surface area (Å²) in [6.07, 6.45) is 0.255. The molecule has 1 aliphatic rings. The van der Waals surface area contributed by atoms with E-state index in [0.29, 0.717) is 5.37 Å². The summed E-state index contributed by atoms with van der Waals surface area (Å²) in [5.41, 5.74) is 2.64.